The molecule has 0 aliphatic carbocycles. The van der Waals surface area contributed by atoms with E-state index in [-0.39, 0.29) is 35.3 Å². The van der Waals surface area contributed by atoms with Gasteiger partial charge in [0.1, 0.15) is 0 Å². The summed E-state index contributed by atoms with van der Waals surface area (Å²) >= 11 is 0. The van der Waals surface area contributed by atoms with Gasteiger partial charge in [0.2, 0.25) is 0 Å². The van der Waals surface area contributed by atoms with Crippen molar-refractivity contribution in [2.24, 2.45) is 4.99 Å². The van der Waals surface area contributed by atoms with Gasteiger partial charge in [0.25, 0.3) is 0 Å². The maximum absolute atomic E-state index is 12.4. The van der Waals surface area contributed by atoms with Crippen LogP contribution in [0.25, 0.3) is 22.3 Å². The topological polar surface area (TPSA) is 35.4 Å². The summed E-state index contributed by atoms with van der Waals surface area (Å²) in [6, 6.07) is 35.1. The summed E-state index contributed by atoms with van der Waals surface area (Å²) in [5.74, 6) is -0.0955. The Kier molecular flexibility index (Phi) is 6.83. The molecule has 0 aliphatic heterocycles. The molecule has 0 aromatic heterocycles. The molecule has 0 heterocycles. The SMILES string of the molecule is [Na+].[O-]c1cccccc1=Nc1c(-c2ccccc2)cccc1-c1ccccc1. The smallest absolute Gasteiger partial charge is 0.871 e. The van der Waals surface area contributed by atoms with E-state index in [1.54, 1.807) is 18.2 Å². The molecule has 4 rings (SSSR count). The molecule has 0 saturated heterocycles. The Morgan fingerprint density at radius 1 is 0.500 bits per heavy atom. The van der Waals surface area contributed by atoms with Gasteiger partial charge in [0, 0.05) is 11.1 Å². The van der Waals surface area contributed by atoms with Crippen LogP contribution in [0, 0.1) is 0 Å². The maximum Gasteiger partial charge on any atom is 1.00 e. The molecule has 4 aromatic carbocycles. The molecule has 0 amide bonds. The van der Waals surface area contributed by atoms with Crippen LogP contribution in [0.5, 0.6) is 5.75 Å². The molecule has 0 radical (unpaired) electrons. The zero-order valence-electron chi connectivity index (χ0n) is 15.7. The third kappa shape index (κ3) is 4.42. The molecule has 3 heteroatoms. The molecule has 0 saturated carbocycles. The number of benzene rings is 3. The number of hydrogen-bond donors (Lipinski definition) is 0. The molecule has 28 heavy (non-hydrogen) atoms. The van der Waals surface area contributed by atoms with E-state index in [9.17, 15) is 5.11 Å². The summed E-state index contributed by atoms with van der Waals surface area (Å²) in [5.41, 5.74) is 4.95. The van der Waals surface area contributed by atoms with E-state index in [1.165, 1.54) is 0 Å². The Morgan fingerprint density at radius 3 is 1.50 bits per heavy atom. The van der Waals surface area contributed by atoms with Gasteiger partial charge in [-0.05, 0) is 17.2 Å². The maximum atomic E-state index is 12.4. The van der Waals surface area contributed by atoms with Gasteiger partial charge in [-0.2, -0.15) is 0 Å². The second-order valence-electron chi connectivity index (χ2n) is 6.21. The predicted molar refractivity (Wildman–Crippen MR) is 108 cm³/mol. The van der Waals surface area contributed by atoms with Crippen LogP contribution in [0.15, 0.2) is 114 Å². The monoisotopic (exact) mass is 371 g/mol. The fraction of sp³-hybridized carbons (Fsp3) is 0. The number of rotatable bonds is 3. The predicted octanol–water partition coefficient (Wildman–Crippen LogP) is 2.33. The van der Waals surface area contributed by atoms with Crippen LogP contribution in [0.4, 0.5) is 5.69 Å². The number of para-hydroxylation sites is 1. The normalized spacial score (nSPS) is 10.9. The first kappa shape index (κ1) is 20.1. The fourth-order valence-electron chi connectivity index (χ4n) is 3.10. The molecule has 0 fully saturated rings. The van der Waals surface area contributed by atoms with Gasteiger partial charge in [0.05, 0.1) is 11.0 Å². The Bertz CT molecular complexity index is 1070. The Morgan fingerprint density at radius 2 is 0.964 bits per heavy atom. The van der Waals surface area contributed by atoms with Crippen molar-refractivity contribution in [2.45, 2.75) is 0 Å². The summed E-state index contributed by atoms with van der Waals surface area (Å²) in [4.78, 5) is 4.82. The van der Waals surface area contributed by atoms with Crippen LogP contribution in [-0.2, 0) is 0 Å². The first-order valence-electron chi connectivity index (χ1n) is 8.88. The van der Waals surface area contributed by atoms with Gasteiger partial charge < -0.3 is 5.11 Å². The minimum atomic E-state index is -0.0955. The van der Waals surface area contributed by atoms with E-state index in [4.69, 9.17) is 4.99 Å². The minimum Gasteiger partial charge on any atom is -0.871 e. The largest absolute Gasteiger partial charge is 1.00 e. The third-order valence-corrected chi connectivity index (χ3v) is 4.41. The molecule has 0 spiro atoms. The van der Waals surface area contributed by atoms with Crippen molar-refractivity contribution in [3.8, 4) is 28.0 Å². The summed E-state index contributed by atoms with van der Waals surface area (Å²) in [7, 11) is 0. The average molecular weight is 371 g/mol. The molecular weight excluding hydrogens is 353 g/mol. The van der Waals surface area contributed by atoms with Crippen molar-refractivity contribution in [3.05, 3.63) is 115 Å². The first-order chi connectivity index (χ1) is 13.3. The van der Waals surface area contributed by atoms with Crippen LogP contribution in [0.2, 0.25) is 0 Å². The van der Waals surface area contributed by atoms with Gasteiger partial charge in [-0.3, -0.25) is 0 Å². The van der Waals surface area contributed by atoms with Gasteiger partial charge >= 0.3 is 29.6 Å². The third-order valence-electron chi connectivity index (χ3n) is 4.41. The molecule has 2 nitrogen and oxygen atoms in total. The van der Waals surface area contributed by atoms with Crippen molar-refractivity contribution in [1.82, 2.24) is 0 Å². The van der Waals surface area contributed by atoms with Crippen LogP contribution in [0.1, 0.15) is 0 Å². The molecule has 130 valence electrons. The van der Waals surface area contributed by atoms with E-state index < -0.39 is 0 Å². The van der Waals surface area contributed by atoms with E-state index in [0.717, 1.165) is 27.9 Å². The van der Waals surface area contributed by atoms with E-state index in [0.29, 0.717) is 5.36 Å². The van der Waals surface area contributed by atoms with Crippen LogP contribution >= 0.6 is 0 Å². The van der Waals surface area contributed by atoms with Crippen molar-refractivity contribution in [3.63, 3.8) is 0 Å². The number of hydrogen-bond acceptors (Lipinski definition) is 2. The van der Waals surface area contributed by atoms with Gasteiger partial charge in [-0.1, -0.05) is 109 Å². The van der Waals surface area contributed by atoms with Crippen molar-refractivity contribution < 1.29 is 34.7 Å². The van der Waals surface area contributed by atoms with Gasteiger partial charge in [0.15, 0.2) is 0 Å². The molecule has 0 N–H and O–H groups in total. The summed E-state index contributed by atoms with van der Waals surface area (Å²) < 4.78 is 0. The van der Waals surface area contributed by atoms with Crippen LogP contribution < -0.4 is 40.0 Å². The summed E-state index contributed by atoms with van der Waals surface area (Å²) in [5, 5.41) is 12.9. The van der Waals surface area contributed by atoms with E-state index >= 15 is 0 Å². The van der Waals surface area contributed by atoms with Gasteiger partial charge in [-0.15, -0.1) is 0 Å². The van der Waals surface area contributed by atoms with Crippen molar-refractivity contribution >= 4 is 5.69 Å². The quantitative estimate of drug-likeness (QED) is 0.509. The standard InChI is InChI=1S/C25H19NO.Na/c27-24-18-9-3-8-17-23(24)26-25-21(19-11-4-1-5-12-19)15-10-16-22(25)20-13-6-2-7-14-20;/h1-18H,(H,26,27);/q;+1/p-1. The average Bonchev–Trinajstić information content (AvgIpc) is 2.94. The zero-order valence-corrected chi connectivity index (χ0v) is 17.7. The van der Waals surface area contributed by atoms with Crippen molar-refractivity contribution in [2.75, 3.05) is 0 Å². The Hall–Kier alpha value is -2.65. The molecule has 0 bridgehead atoms. The first-order valence-corrected chi connectivity index (χ1v) is 8.88. The number of nitrogens with zero attached hydrogens (tertiary/aromatic N) is 1. The Balaban J connectivity index is 0.00000225. The van der Waals surface area contributed by atoms with Crippen LogP contribution in [0.3, 0.4) is 0 Å². The van der Waals surface area contributed by atoms with Crippen LogP contribution in [-0.4, -0.2) is 0 Å². The van der Waals surface area contributed by atoms with E-state index in [2.05, 4.69) is 24.3 Å². The van der Waals surface area contributed by atoms with Crippen molar-refractivity contribution in [1.29, 1.82) is 0 Å². The minimum absolute atomic E-state index is 0. The fourth-order valence-corrected chi connectivity index (χ4v) is 3.10. The summed E-state index contributed by atoms with van der Waals surface area (Å²) in [6.45, 7) is 0. The van der Waals surface area contributed by atoms with Gasteiger partial charge in [-0.25, -0.2) is 4.99 Å². The molecule has 0 aliphatic rings. The second-order valence-corrected chi connectivity index (χ2v) is 6.21. The molecule has 4 aromatic rings. The second kappa shape index (κ2) is 9.52. The molecule has 0 unspecified atom stereocenters. The Labute approximate surface area is 187 Å². The van der Waals surface area contributed by atoms with E-state index in [1.807, 2.05) is 66.7 Å². The summed E-state index contributed by atoms with van der Waals surface area (Å²) in [6.07, 6.45) is 0. The molecule has 0 atom stereocenters. The zero-order chi connectivity index (χ0) is 18.5. The molecular formula is C25H18NNaO.